The molecule has 0 radical (unpaired) electrons. The molecule has 0 spiro atoms. The van der Waals surface area contributed by atoms with E-state index in [1.165, 1.54) is 35.6 Å². The number of ether oxygens (including phenoxy) is 1. The van der Waals surface area contributed by atoms with Crippen LogP contribution in [0.3, 0.4) is 0 Å². The van der Waals surface area contributed by atoms with Crippen molar-refractivity contribution in [3.05, 3.63) is 24.3 Å². The molecule has 7 nitrogen and oxygen atoms in total. The minimum atomic E-state index is -3.55. The molecule has 0 aliphatic rings. The number of benzene rings is 1. The van der Waals surface area contributed by atoms with Crippen molar-refractivity contribution >= 4 is 16.0 Å². The standard InChI is InChI=1S/C13H20N2O5S/c1-14(2)8-9-15(3)21(18,19)12-6-4-11(5-7-12)20-10-13(16)17/h4-7H,8-10H2,1-3H3,(H,16,17). The predicted molar refractivity (Wildman–Crippen MR) is 77.9 cm³/mol. The molecule has 0 aromatic heterocycles. The highest BCUT2D eigenvalue weighted by Gasteiger charge is 2.20. The fourth-order valence-electron chi connectivity index (χ4n) is 1.49. The van der Waals surface area contributed by atoms with Gasteiger partial charge in [0.15, 0.2) is 6.61 Å². The number of carbonyl (C=O) groups is 1. The highest BCUT2D eigenvalue weighted by atomic mass is 32.2. The molecule has 0 aliphatic carbocycles. The summed E-state index contributed by atoms with van der Waals surface area (Å²) >= 11 is 0. The Bertz CT molecular complexity index is 569. The monoisotopic (exact) mass is 316 g/mol. The van der Waals surface area contributed by atoms with E-state index < -0.39 is 22.6 Å². The summed E-state index contributed by atoms with van der Waals surface area (Å²) in [5, 5.41) is 8.50. The molecule has 1 aromatic rings. The lowest BCUT2D eigenvalue weighted by molar-refractivity contribution is -0.139. The largest absolute Gasteiger partial charge is 0.482 e. The molecule has 0 unspecified atom stereocenters. The van der Waals surface area contributed by atoms with E-state index in [0.29, 0.717) is 18.8 Å². The molecular formula is C13H20N2O5S. The van der Waals surface area contributed by atoms with E-state index in [-0.39, 0.29) is 4.90 Å². The lowest BCUT2D eigenvalue weighted by Gasteiger charge is -2.19. The second kappa shape index (κ2) is 7.39. The number of rotatable bonds is 8. The van der Waals surface area contributed by atoms with Crippen molar-refractivity contribution in [2.45, 2.75) is 4.90 Å². The van der Waals surface area contributed by atoms with Crippen LogP contribution in [0.1, 0.15) is 0 Å². The van der Waals surface area contributed by atoms with Gasteiger partial charge in [-0.05, 0) is 38.4 Å². The molecule has 0 saturated carbocycles. The van der Waals surface area contributed by atoms with Crippen LogP contribution in [0, 0.1) is 0 Å². The SMILES string of the molecule is CN(C)CCN(C)S(=O)(=O)c1ccc(OCC(=O)O)cc1. The molecule has 21 heavy (non-hydrogen) atoms. The zero-order chi connectivity index (χ0) is 16.0. The number of hydrogen-bond donors (Lipinski definition) is 1. The Labute approximate surface area is 124 Å². The summed E-state index contributed by atoms with van der Waals surface area (Å²) < 4.78 is 30.8. The third kappa shape index (κ3) is 5.33. The lowest BCUT2D eigenvalue weighted by atomic mass is 10.3. The number of aliphatic carboxylic acids is 1. The molecule has 8 heteroatoms. The van der Waals surface area contributed by atoms with E-state index in [4.69, 9.17) is 9.84 Å². The minimum absolute atomic E-state index is 0.145. The average molecular weight is 316 g/mol. The zero-order valence-corrected chi connectivity index (χ0v) is 13.1. The van der Waals surface area contributed by atoms with Gasteiger partial charge in [0.1, 0.15) is 5.75 Å². The fourth-order valence-corrected chi connectivity index (χ4v) is 2.66. The van der Waals surface area contributed by atoms with Gasteiger partial charge in [-0.1, -0.05) is 0 Å². The minimum Gasteiger partial charge on any atom is -0.482 e. The van der Waals surface area contributed by atoms with Gasteiger partial charge in [0.25, 0.3) is 0 Å². The second-order valence-electron chi connectivity index (χ2n) is 4.78. The third-order valence-corrected chi connectivity index (χ3v) is 4.63. The van der Waals surface area contributed by atoms with Gasteiger partial charge < -0.3 is 14.7 Å². The number of likely N-dealkylation sites (N-methyl/N-ethyl adjacent to an activating group) is 2. The maximum atomic E-state index is 12.3. The normalized spacial score (nSPS) is 11.9. The molecule has 1 N–H and O–H groups in total. The maximum absolute atomic E-state index is 12.3. The first-order chi connectivity index (χ1) is 9.73. The van der Waals surface area contributed by atoms with Gasteiger partial charge in [-0.25, -0.2) is 13.2 Å². The Hall–Kier alpha value is -1.64. The molecule has 1 aromatic carbocycles. The van der Waals surface area contributed by atoms with Gasteiger partial charge >= 0.3 is 5.97 Å². The van der Waals surface area contributed by atoms with Crippen LogP contribution < -0.4 is 4.74 Å². The Balaban J connectivity index is 2.77. The number of nitrogens with zero attached hydrogens (tertiary/aromatic N) is 2. The van der Waals surface area contributed by atoms with E-state index in [0.717, 1.165) is 0 Å². The Kier molecular flexibility index (Phi) is 6.13. The van der Waals surface area contributed by atoms with E-state index in [1.807, 2.05) is 19.0 Å². The van der Waals surface area contributed by atoms with Gasteiger partial charge in [0.2, 0.25) is 10.0 Å². The van der Waals surface area contributed by atoms with Gasteiger partial charge in [-0.2, -0.15) is 4.31 Å². The average Bonchev–Trinajstić information content (AvgIpc) is 2.42. The summed E-state index contributed by atoms with van der Waals surface area (Å²) in [6.07, 6.45) is 0. The van der Waals surface area contributed by atoms with Crippen LogP contribution in [0.2, 0.25) is 0 Å². The highest BCUT2D eigenvalue weighted by molar-refractivity contribution is 7.89. The Morgan fingerprint density at radius 2 is 1.71 bits per heavy atom. The number of carboxylic acid groups (broad SMARTS) is 1. The Morgan fingerprint density at radius 1 is 1.14 bits per heavy atom. The Morgan fingerprint density at radius 3 is 2.19 bits per heavy atom. The summed E-state index contributed by atoms with van der Waals surface area (Å²) in [7, 11) is 1.71. The topological polar surface area (TPSA) is 87.2 Å². The predicted octanol–water partition coefficient (Wildman–Crippen LogP) is 0.332. The van der Waals surface area contributed by atoms with E-state index in [9.17, 15) is 13.2 Å². The fraction of sp³-hybridized carbons (Fsp3) is 0.462. The van der Waals surface area contributed by atoms with Crippen molar-refractivity contribution in [1.82, 2.24) is 9.21 Å². The number of carboxylic acids is 1. The molecule has 0 saturated heterocycles. The first-order valence-corrected chi connectivity index (χ1v) is 7.73. The smallest absolute Gasteiger partial charge is 0.341 e. The van der Waals surface area contributed by atoms with E-state index >= 15 is 0 Å². The van der Waals surface area contributed by atoms with E-state index in [1.54, 1.807) is 0 Å². The van der Waals surface area contributed by atoms with Crippen molar-refractivity contribution in [3.8, 4) is 5.75 Å². The van der Waals surface area contributed by atoms with Gasteiger partial charge in [-0.3, -0.25) is 0 Å². The first kappa shape index (κ1) is 17.4. The molecular weight excluding hydrogens is 296 g/mol. The van der Waals surface area contributed by atoms with Crippen LogP contribution in [0.4, 0.5) is 0 Å². The van der Waals surface area contributed by atoms with Crippen LogP contribution in [0.15, 0.2) is 29.2 Å². The molecule has 0 heterocycles. The molecule has 0 amide bonds. The summed E-state index contributed by atoms with van der Waals surface area (Å²) in [6.45, 7) is 0.539. The highest BCUT2D eigenvalue weighted by Crippen LogP contribution is 2.18. The quantitative estimate of drug-likeness (QED) is 0.744. The van der Waals surface area contributed by atoms with E-state index in [2.05, 4.69) is 0 Å². The van der Waals surface area contributed by atoms with Crippen LogP contribution in [-0.2, 0) is 14.8 Å². The van der Waals surface area contributed by atoms with Crippen LogP contribution >= 0.6 is 0 Å². The molecule has 0 aliphatic heterocycles. The van der Waals surface area contributed by atoms with Crippen LogP contribution in [0.25, 0.3) is 0 Å². The molecule has 0 atom stereocenters. The molecule has 0 fully saturated rings. The van der Waals surface area contributed by atoms with Gasteiger partial charge in [0, 0.05) is 20.1 Å². The van der Waals surface area contributed by atoms with Crippen molar-refractivity contribution in [2.75, 3.05) is 40.8 Å². The summed E-state index contributed by atoms with van der Waals surface area (Å²) in [6, 6.07) is 5.68. The van der Waals surface area contributed by atoms with Crippen molar-refractivity contribution in [2.24, 2.45) is 0 Å². The molecule has 118 valence electrons. The van der Waals surface area contributed by atoms with Gasteiger partial charge in [0.05, 0.1) is 4.90 Å². The summed E-state index contributed by atoms with van der Waals surface area (Å²) in [5.74, 6) is -0.776. The number of hydrogen-bond acceptors (Lipinski definition) is 5. The number of sulfonamides is 1. The van der Waals surface area contributed by atoms with Gasteiger partial charge in [-0.15, -0.1) is 0 Å². The van der Waals surface area contributed by atoms with Crippen LogP contribution in [-0.4, -0.2) is 69.5 Å². The van der Waals surface area contributed by atoms with Crippen molar-refractivity contribution < 1.29 is 23.1 Å². The van der Waals surface area contributed by atoms with Crippen molar-refractivity contribution in [1.29, 1.82) is 0 Å². The first-order valence-electron chi connectivity index (χ1n) is 6.29. The second-order valence-corrected chi connectivity index (χ2v) is 6.83. The summed E-state index contributed by atoms with van der Waals surface area (Å²) in [5.41, 5.74) is 0. The molecule has 1 rings (SSSR count). The maximum Gasteiger partial charge on any atom is 0.341 e. The van der Waals surface area contributed by atoms with Crippen molar-refractivity contribution in [3.63, 3.8) is 0 Å². The summed E-state index contributed by atoms with van der Waals surface area (Å²) in [4.78, 5) is 12.4. The molecule has 0 bridgehead atoms. The van der Waals surface area contributed by atoms with Crippen LogP contribution in [0.5, 0.6) is 5.75 Å². The zero-order valence-electron chi connectivity index (χ0n) is 12.3. The third-order valence-electron chi connectivity index (χ3n) is 2.76. The lowest BCUT2D eigenvalue weighted by Crippen LogP contribution is -2.33.